The maximum atomic E-state index is 10.9. The van der Waals surface area contributed by atoms with Gasteiger partial charge >= 0.3 is 5.97 Å². The standard InChI is InChI=1S/C18H22N2O2/c1-20-10-11(5-6-17(21)22)7-14-13-3-2-4-15-18(13)12(9-19-15)8-16(14)20/h2-4,9,11,14,16,19H,5-8,10H2,1H3,(H,21,22)/t11-,14-,16-/m1/s1. The molecule has 22 heavy (non-hydrogen) atoms. The number of likely N-dealkylation sites (N-methyl/N-ethyl adjacent to an activating group) is 1. The molecule has 0 saturated carbocycles. The SMILES string of the molecule is CN1C[C@H](CCC(=O)O)C[C@@H]2c3cccc4[nH]cc(c34)C[C@H]21. The molecular weight excluding hydrogens is 276 g/mol. The number of aliphatic carboxylic acids is 1. The second-order valence-electron chi connectivity index (χ2n) is 6.94. The number of rotatable bonds is 3. The Morgan fingerprint density at radius 2 is 2.32 bits per heavy atom. The Kier molecular flexibility index (Phi) is 3.22. The highest BCUT2D eigenvalue weighted by Gasteiger charge is 2.39. The van der Waals surface area contributed by atoms with Gasteiger partial charge in [0.2, 0.25) is 0 Å². The highest BCUT2D eigenvalue weighted by molar-refractivity contribution is 5.88. The molecule has 1 aliphatic heterocycles. The lowest BCUT2D eigenvalue weighted by atomic mass is 9.72. The molecule has 2 N–H and O–H groups in total. The normalized spacial score (nSPS) is 27.8. The molecule has 1 aliphatic carbocycles. The van der Waals surface area contributed by atoms with Crippen LogP contribution in [0.1, 0.15) is 36.3 Å². The van der Waals surface area contributed by atoms with Gasteiger partial charge in [-0.3, -0.25) is 4.79 Å². The highest BCUT2D eigenvalue weighted by Crippen LogP contribution is 2.44. The number of likely N-dealkylation sites (tertiary alicyclic amines) is 1. The Labute approximate surface area is 130 Å². The smallest absolute Gasteiger partial charge is 0.303 e. The molecule has 116 valence electrons. The number of hydrogen-bond donors (Lipinski definition) is 2. The van der Waals surface area contributed by atoms with Crippen molar-refractivity contribution in [2.45, 2.75) is 37.6 Å². The third-order valence-corrected chi connectivity index (χ3v) is 5.58. The van der Waals surface area contributed by atoms with Crippen LogP contribution in [-0.4, -0.2) is 40.6 Å². The molecule has 0 amide bonds. The second kappa shape index (κ2) is 5.13. The van der Waals surface area contributed by atoms with Crippen LogP contribution < -0.4 is 0 Å². The molecule has 3 atom stereocenters. The van der Waals surface area contributed by atoms with Crippen LogP contribution in [-0.2, 0) is 11.2 Å². The van der Waals surface area contributed by atoms with E-state index >= 15 is 0 Å². The van der Waals surface area contributed by atoms with Crippen LogP contribution in [0.2, 0.25) is 0 Å². The van der Waals surface area contributed by atoms with Gasteiger partial charge in [0.05, 0.1) is 0 Å². The lowest BCUT2D eigenvalue weighted by Crippen LogP contribution is -2.47. The van der Waals surface area contributed by atoms with Crippen LogP contribution in [0.5, 0.6) is 0 Å². The number of hydrogen-bond acceptors (Lipinski definition) is 2. The number of carboxylic acids is 1. The first-order chi connectivity index (χ1) is 10.6. The molecule has 1 fully saturated rings. The summed E-state index contributed by atoms with van der Waals surface area (Å²) in [6.07, 6.45) is 5.46. The van der Waals surface area contributed by atoms with Crippen molar-refractivity contribution in [2.75, 3.05) is 13.6 Å². The summed E-state index contributed by atoms with van der Waals surface area (Å²) in [5.41, 5.74) is 4.13. The van der Waals surface area contributed by atoms with Crippen molar-refractivity contribution in [1.29, 1.82) is 0 Å². The van der Waals surface area contributed by atoms with E-state index < -0.39 is 5.97 Å². The number of aromatic amines is 1. The maximum Gasteiger partial charge on any atom is 0.303 e. The first-order valence-corrected chi connectivity index (χ1v) is 8.14. The molecule has 4 nitrogen and oxygen atoms in total. The largest absolute Gasteiger partial charge is 0.481 e. The molecule has 0 radical (unpaired) electrons. The van der Waals surface area contributed by atoms with Crippen LogP contribution in [0.15, 0.2) is 24.4 Å². The van der Waals surface area contributed by atoms with E-state index in [1.165, 1.54) is 22.0 Å². The molecule has 4 rings (SSSR count). The van der Waals surface area contributed by atoms with Gasteiger partial charge in [-0.25, -0.2) is 0 Å². The summed E-state index contributed by atoms with van der Waals surface area (Å²) >= 11 is 0. The van der Waals surface area contributed by atoms with Gasteiger partial charge in [0.15, 0.2) is 0 Å². The summed E-state index contributed by atoms with van der Waals surface area (Å²) in [5.74, 6) is 0.339. The number of nitrogens with one attached hydrogen (secondary N) is 1. The van der Waals surface area contributed by atoms with Crippen LogP contribution in [0.25, 0.3) is 10.9 Å². The number of carbonyl (C=O) groups is 1. The van der Waals surface area contributed by atoms with Gasteiger partial charge in [-0.1, -0.05) is 12.1 Å². The van der Waals surface area contributed by atoms with Gasteiger partial charge in [0.1, 0.15) is 0 Å². The number of benzene rings is 1. The molecule has 1 aromatic heterocycles. The number of fused-ring (bicyclic) bond motifs is 2. The Bertz CT molecular complexity index is 721. The van der Waals surface area contributed by atoms with Gasteiger partial charge in [0, 0.05) is 42.0 Å². The lowest BCUT2D eigenvalue weighted by Gasteiger charge is -2.45. The van der Waals surface area contributed by atoms with Gasteiger partial charge < -0.3 is 15.0 Å². The number of carboxylic acid groups (broad SMARTS) is 1. The van der Waals surface area contributed by atoms with Crippen LogP contribution in [0, 0.1) is 5.92 Å². The molecule has 4 heteroatoms. The van der Waals surface area contributed by atoms with Crippen molar-refractivity contribution in [2.24, 2.45) is 5.92 Å². The van der Waals surface area contributed by atoms with Crippen LogP contribution >= 0.6 is 0 Å². The third kappa shape index (κ3) is 2.13. The molecule has 1 saturated heterocycles. The average molecular weight is 298 g/mol. The first-order valence-electron chi connectivity index (χ1n) is 8.14. The predicted octanol–water partition coefficient (Wildman–Crippen LogP) is 2.99. The van der Waals surface area contributed by atoms with Crippen molar-refractivity contribution in [3.05, 3.63) is 35.5 Å². The fourth-order valence-corrected chi connectivity index (χ4v) is 4.59. The monoisotopic (exact) mass is 298 g/mol. The number of piperidine rings is 1. The maximum absolute atomic E-state index is 10.9. The molecule has 2 heterocycles. The molecule has 0 spiro atoms. The zero-order chi connectivity index (χ0) is 15.3. The van der Waals surface area contributed by atoms with Crippen molar-refractivity contribution in [3.8, 4) is 0 Å². The van der Waals surface area contributed by atoms with Crippen LogP contribution in [0.3, 0.4) is 0 Å². The van der Waals surface area contributed by atoms with E-state index in [-0.39, 0.29) is 6.42 Å². The van der Waals surface area contributed by atoms with E-state index in [2.05, 4.69) is 41.3 Å². The minimum atomic E-state index is -0.677. The molecule has 2 aromatic rings. The lowest BCUT2D eigenvalue weighted by molar-refractivity contribution is -0.137. The second-order valence-corrected chi connectivity index (χ2v) is 6.94. The zero-order valence-corrected chi connectivity index (χ0v) is 12.9. The third-order valence-electron chi connectivity index (χ3n) is 5.58. The molecule has 1 aromatic carbocycles. The van der Waals surface area contributed by atoms with Crippen molar-refractivity contribution >= 4 is 16.9 Å². The van der Waals surface area contributed by atoms with Crippen molar-refractivity contribution in [3.63, 3.8) is 0 Å². The summed E-state index contributed by atoms with van der Waals surface area (Å²) in [4.78, 5) is 16.7. The van der Waals surface area contributed by atoms with Gasteiger partial charge in [0.25, 0.3) is 0 Å². The van der Waals surface area contributed by atoms with E-state index in [1.54, 1.807) is 0 Å². The van der Waals surface area contributed by atoms with Crippen molar-refractivity contribution in [1.82, 2.24) is 9.88 Å². The molecule has 2 aliphatic rings. The van der Waals surface area contributed by atoms with Gasteiger partial charge in [-0.15, -0.1) is 0 Å². The Morgan fingerprint density at radius 1 is 1.45 bits per heavy atom. The molecular formula is C18H22N2O2. The summed E-state index contributed by atoms with van der Waals surface area (Å²) in [7, 11) is 2.20. The summed E-state index contributed by atoms with van der Waals surface area (Å²) < 4.78 is 0. The summed E-state index contributed by atoms with van der Waals surface area (Å²) in [6, 6.07) is 7.11. The number of H-pyrrole nitrogens is 1. The Morgan fingerprint density at radius 3 is 3.14 bits per heavy atom. The van der Waals surface area contributed by atoms with Crippen molar-refractivity contribution < 1.29 is 9.90 Å². The minimum absolute atomic E-state index is 0.287. The van der Waals surface area contributed by atoms with E-state index in [1.807, 2.05) is 0 Å². The highest BCUT2D eigenvalue weighted by atomic mass is 16.4. The fraction of sp³-hybridized carbons (Fsp3) is 0.500. The average Bonchev–Trinajstić information content (AvgIpc) is 2.91. The van der Waals surface area contributed by atoms with Crippen LogP contribution in [0.4, 0.5) is 0 Å². The molecule has 0 bridgehead atoms. The molecule has 0 unspecified atom stereocenters. The summed E-state index contributed by atoms with van der Waals surface area (Å²) in [6.45, 7) is 1.02. The topological polar surface area (TPSA) is 56.3 Å². The minimum Gasteiger partial charge on any atom is -0.481 e. The quantitative estimate of drug-likeness (QED) is 0.916. The van der Waals surface area contributed by atoms with E-state index in [9.17, 15) is 4.79 Å². The van der Waals surface area contributed by atoms with Gasteiger partial charge in [-0.2, -0.15) is 0 Å². The Hall–Kier alpha value is -1.81. The summed E-state index contributed by atoms with van der Waals surface area (Å²) in [5, 5.41) is 10.4. The predicted molar refractivity (Wildman–Crippen MR) is 86.1 cm³/mol. The first kappa shape index (κ1) is 13.8. The fourth-order valence-electron chi connectivity index (χ4n) is 4.59. The van der Waals surface area contributed by atoms with E-state index in [0.29, 0.717) is 17.9 Å². The van der Waals surface area contributed by atoms with Gasteiger partial charge in [-0.05, 0) is 49.4 Å². The van der Waals surface area contributed by atoms with E-state index in [4.69, 9.17) is 5.11 Å². The van der Waals surface area contributed by atoms with E-state index in [0.717, 1.165) is 25.8 Å². The number of aromatic nitrogens is 1. The zero-order valence-electron chi connectivity index (χ0n) is 12.9. The Balaban J connectivity index is 1.67. The number of nitrogens with zero attached hydrogens (tertiary/aromatic N) is 1.